The Morgan fingerprint density at radius 1 is 1.29 bits per heavy atom. The fourth-order valence-electron chi connectivity index (χ4n) is 1.90. The summed E-state index contributed by atoms with van der Waals surface area (Å²) >= 11 is 0. The van der Waals surface area contributed by atoms with Crippen LogP contribution in [0.5, 0.6) is 0 Å². The summed E-state index contributed by atoms with van der Waals surface area (Å²) in [7, 11) is 2.95. The van der Waals surface area contributed by atoms with Gasteiger partial charge in [0, 0.05) is 7.11 Å². The number of carbonyl (C=O) groups excluding carboxylic acids is 1. The average molecular weight is 237 g/mol. The number of esters is 1. The first-order valence-corrected chi connectivity index (χ1v) is 5.59. The van der Waals surface area contributed by atoms with Crippen molar-refractivity contribution in [3.8, 4) is 0 Å². The third kappa shape index (κ3) is 2.84. The molecule has 0 heterocycles. The Bertz CT molecular complexity index is 345. The zero-order valence-corrected chi connectivity index (χ0v) is 10.5. The van der Waals surface area contributed by atoms with E-state index >= 15 is 0 Å². The molecule has 0 aliphatic carbocycles. The quantitative estimate of drug-likeness (QED) is 0.758. The molecule has 4 heteroatoms. The van der Waals surface area contributed by atoms with E-state index in [0.717, 1.165) is 5.56 Å². The van der Waals surface area contributed by atoms with Gasteiger partial charge in [0.25, 0.3) is 0 Å². The van der Waals surface area contributed by atoms with Crippen molar-refractivity contribution in [1.29, 1.82) is 0 Å². The Morgan fingerprint density at radius 3 is 2.41 bits per heavy atom. The molecule has 0 radical (unpaired) electrons. The van der Waals surface area contributed by atoms with E-state index in [9.17, 15) is 4.79 Å². The normalized spacial score (nSPS) is 14.1. The van der Waals surface area contributed by atoms with Gasteiger partial charge in [-0.25, -0.2) is 4.79 Å². The van der Waals surface area contributed by atoms with Gasteiger partial charge in [0.2, 0.25) is 0 Å². The van der Waals surface area contributed by atoms with Crippen LogP contribution in [-0.2, 0) is 19.8 Å². The molecule has 1 N–H and O–H groups in total. The van der Waals surface area contributed by atoms with Crippen LogP contribution in [0.25, 0.3) is 0 Å². The maximum Gasteiger partial charge on any atom is 0.333 e. The smallest absolute Gasteiger partial charge is 0.333 e. The van der Waals surface area contributed by atoms with Gasteiger partial charge in [0.05, 0.1) is 13.7 Å². The van der Waals surface area contributed by atoms with Gasteiger partial charge in [-0.1, -0.05) is 37.3 Å². The van der Waals surface area contributed by atoms with E-state index in [1.165, 1.54) is 7.11 Å². The second-order valence-corrected chi connectivity index (χ2v) is 3.73. The summed E-state index contributed by atoms with van der Waals surface area (Å²) in [5, 5.41) is 3.16. The highest BCUT2D eigenvalue weighted by Crippen LogP contribution is 2.23. The second-order valence-electron chi connectivity index (χ2n) is 3.73. The molecule has 1 atom stereocenters. The molecule has 0 spiro atoms. The molecule has 0 aromatic heterocycles. The number of hydrogen-bond donors (Lipinski definition) is 1. The molecule has 94 valence electrons. The fourth-order valence-corrected chi connectivity index (χ4v) is 1.90. The van der Waals surface area contributed by atoms with Crippen molar-refractivity contribution >= 4 is 5.97 Å². The van der Waals surface area contributed by atoms with Crippen molar-refractivity contribution in [2.75, 3.05) is 27.4 Å². The number of benzene rings is 1. The summed E-state index contributed by atoms with van der Waals surface area (Å²) in [5.41, 5.74) is -0.0879. The molecule has 0 aliphatic heterocycles. The summed E-state index contributed by atoms with van der Waals surface area (Å²) < 4.78 is 10.1. The lowest BCUT2D eigenvalue weighted by molar-refractivity contribution is -0.151. The lowest BCUT2D eigenvalue weighted by Gasteiger charge is -2.31. The molecule has 17 heavy (non-hydrogen) atoms. The van der Waals surface area contributed by atoms with Crippen molar-refractivity contribution in [3.05, 3.63) is 35.9 Å². The summed E-state index contributed by atoms with van der Waals surface area (Å²) in [6, 6.07) is 9.46. The van der Waals surface area contributed by atoms with E-state index in [1.54, 1.807) is 7.11 Å². The van der Waals surface area contributed by atoms with Crippen LogP contribution in [0.1, 0.15) is 12.5 Å². The Balaban J connectivity index is 3.19. The standard InChI is InChI=1S/C13H19NO3/c1-4-14-13(10-16-2,12(15)17-3)11-8-6-5-7-9-11/h5-9,14H,4,10H2,1-3H3. The first-order chi connectivity index (χ1) is 8.21. The molecule has 1 aromatic rings. The van der Waals surface area contributed by atoms with Crippen LogP contribution in [-0.4, -0.2) is 33.3 Å². The first kappa shape index (κ1) is 13.7. The third-order valence-corrected chi connectivity index (χ3v) is 2.64. The average Bonchev–Trinajstić information content (AvgIpc) is 2.38. The summed E-state index contributed by atoms with van der Waals surface area (Å²) in [5.74, 6) is -0.340. The SMILES string of the molecule is CCNC(COC)(C(=O)OC)c1ccccc1. The van der Waals surface area contributed by atoms with Gasteiger partial charge in [-0.3, -0.25) is 5.32 Å². The largest absolute Gasteiger partial charge is 0.467 e. The molecule has 1 unspecified atom stereocenters. The van der Waals surface area contributed by atoms with Gasteiger partial charge in [-0.15, -0.1) is 0 Å². The van der Waals surface area contributed by atoms with E-state index in [0.29, 0.717) is 6.54 Å². The van der Waals surface area contributed by atoms with Gasteiger partial charge in [-0.05, 0) is 12.1 Å². The minimum Gasteiger partial charge on any atom is -0.467 e. The lowest BCUT2D eigenvalue weighted by Crippen LogP contribution is -2.53. The van der Waals surface area contributed by atoms with Gasteiger partial charge in [0.15, 0.2) is 5.54 Å². The minimum atomic E-state index is -0.931. The van der Waals surface area contributed by atoms with Crippen LogP contribution in [0, 0.1) is 0 Å². The maximum atomic E-state index is 12.0. The molecule has 0 bridgehead atoms. The van der Waals surface area contributed by atoms with E-state index in [1.807, 2.05) is 37.3 Å². The number of ether oxygens (including phenoxy) is 2. The monoisotopic (exact) mass is 237 g/mol. The summed E-state index contributed by atoms with van der Waals surface area (Å²) in [4.78, 5) is 12.0. The summed E-state index contributed by atoms with van der Waals surface area (Å²) in [6.07, 6.45) is 0. The first-order valence-electron chi connectivity index (χ1n) is 5.59. The molecule has 0 amide bonds. The molecule has 0 saturated heterocycles. The maximum absolute atomic E-state index is 12.0. The number of carbonyl (C=O) groups is 1. The lowest BCUT2D eigenvalue weighted by atomic mass is 9.90. The third-order valence-electron chi connectivity index (χ3n) is 2.64. The Morgan fingerprint density at radius 2 is 1.94 bits per heavy atom. The van der Waals surface area contributed by atoms with Crippen molar-refractivity contribution in [2.45, 2.75) is 12.5 Å². The Kier molecular flexibility index (Phi) is 5.12. The van der Waals surface area contributed by atoms with Crippen molar-refractivity contribution in [3.63, 3.8) is 0 Å². The van der Waals surface area contributed by atoms with E-state index in [-0.39, 0.29) is 12.6 Å². The molecule has 1 rings (SSSR count). The Labute approximate surface area is 102 Å². The highest BCUT2D eigenvalue weighted by Gasteiger charge is 2.40. The van der Waals surface area contributed by atoms with E-state index < -0.39 is 5.54 Å². The summed E-state index contributed by atoms with van der Waals surface area (Å²) in [6.45, 7) is 2.82. The van der Waals surface area contributed by atoms with Gasteiger partial charge < -0.3 is 9.47 Å². The molecule has 0 aliphatic rings. The second kappa shape index (κ2) is 6.37. The highest BCUT2D eigenvalue weighted by molar-refractivity contribution is 5.82. The van der Waals surface area contributed by atoms with Crippen molar-refractivity contribution in [1.82, 2.24) is 5.32 Å². The molecular weight excluding hydrogens is 218 g/mol. The Hall–Kier alpha value is -1.39. The van der Waals surface area contributed by atoms with Crippen molar-refractivity contribution < 1.29 is 14.3 Å². The molecule has 0 fully saturated rings. The van der Waals surface area contributed by atoms with Crippen LogP contribution in [0.2, 0.25) is 0 Å². The van der Waals surface area contributed by atoms with Crippen molar-refractivity contribution in [2.24, 2.45) is 0 Å². The topological polar surface area (TPSA) is 47.6 Å². The molecular formula is C13H19NO3. The highest BCUT2D eigenvalue weighted by atomic mass is 16.5. The van der Waals surface area contributed by atoms with Gasteiger partial charge >= 0.3 is 5.97 Å². The minimum absolute atomic E-state index is 0.234. The molecule has 1 aromatic carbocycles. The van der Waals surface area contributed by atoms with E-state index in [4.69, 9.17) is 9.47 Å². The molecule has 4 nitrogen and oxygen atoms in total. The van der Waals surface area contributed by atoms with Gasteiger partial charge in [0.1, 0.15) is 0 Å². The number of likely N-dealkylation sites (N-methyl/N-ethyl adjacent to an activating group) is 1. The van der Waals surface area contributed by atoms with Crippen LogP contribution >= 0.6 is 0 Å². The molecule has 0 saturated carbocycles. The van der Waals surface area contributed by atoms with Crippen LogP contribution < -0.4 is 5.32 Å². The van der Waals surface area contributed by atoms with Crippen LogP contribution in [0.3, 0.4) is 0 Å². The van der Waals surface area contributed by atoms with Crippen LogP contribution in [0.15, 0.2) is 30.3 Å². The van der Waals surface area contributed by atoms with E-state index in [2.05, 4.69) is 5.32 Å². The zero-order valence-electron chi connectivity index (χ0n) is 10.5. The number of nitrogens with one attached hydrogen (secondary N) is 1. The number of rotatable bonds is 6. The van der Waals surface area contributed by atoms with Crippen LogP contribution in [0.4, 0.5) is 0 Å². The zero-order chi connectivity index (χ0) is 12.7. The predicted molar refractivity (Wildman–Crippen MR) is 65.7 cm³/mol. The van der Waals surface area contributed by atoms with Gasteiger partial charge in [-0.2, -0.15) is 0 Å². The predicted octanol–water partition coefficient (Wildman–Crippen LogP) is 1.31. The fraction of sp³-hybridized carbons (Fsp3) is 0.462. The number of hydrogen-bond acceptors (Lipinski definition) is 4. The number of methoxy groups -OCH3 is 2.